The number of nitrogens with one attached hydrogen (secondary N) is 1. The molecule has 1 rings (SSSR count). The molecule has 20 heavy (non-hydrogen) atoms. The first-order valence-corrected chi connectivity index (χ1v) is 7.71. The van der Waals surface area contributed by atoms with Crippen LogP contribution in [0.1, 0.15) is 6.42 Å². The van der Waals surface area contributed by atoms with Crippen molar-refractivity contribution in [2.45, 2.75) is 11.3 Å². The molecule has 0 aliphatic carbocycles. The normalized spacial score (nSPS) is 11.9. The molecule has 5 nitrogen and oxygen atoms in total. The third-order valence-corrected chi connectivity index (χ3v) is 4.36. The van der Waals surface area contributed by atoms with Gasteiger partial charge in [-0.15, -0.1) is 0 Å². The summed E-state index contributed by atoms with van der Waals surface area (Å²) < 4.78 is 29.3. The minimum atomic E-state index is -3.81. The zero-order valence-corrected chi connectivity index (χ0v) is 12.5. The highest BCUT2D eigenvalue weighted by molar-refractivity contribution is 7.95. The maximum Gasteiger partial charge on any atom is 0.218 e. The van der Waals surface area contributed by atoms with E-state index in [9.17, 15) is 8.42 Å². The maximum atomic E-state index is 12.2. The number of sulfone groups is 1. The zero-order valence-electron chi connectivity index (χ0n) is 11.0. The lowest BCUT2D eigenvalue weighted by atomic mass is 10.4. The van der Waals surface area contributed by atoms with Gasteiger partial charge in [-0.2, -0.15) is 5.26 Å². The van der Waals surface area contributed by atoms with Crippen LogP contribution in [0.4, 0.5) is 0 Å². The van der Waals surface area contributed by atoms with Crippen LogP contribution in [-0.2, 0) is 14.6 Å². The van der Waals surface area contributed by atoms with Gasteiger partial charge in [0.05, 0.1) is 4.90 Å². The van der Waals surface area contributed by atoms with Crippen LogP contribution in [0.2, 0.25) is 5.02 Å². The van der Waals surface area contributed by atoms with Crippen molar-refractivity contribution in [3.05, 3.63) is 40.4 Å². The highest BCUT2D eigenvalue weighted by Crippen LogP contribution is 2.20. The highest BCUT2D eigenvalue weighted by Gasteiger charge is 2.20. The predicted octanol–water partition coefficient (Wildman–Crippen LogP) is 2.10. The third kappa shape index (κ3) is 4.53. The molecule has 0 saturated heterocycles. The molecule has 0 radical (unpaired) electrons. The van der Waals surface area contributed by atoms with Gasteiger partial charge in [-0.3, -0.25) is 0 Å². The fraction of sp³-hybridized carbons (Fsp3) is 0.308. The topological polar surface area (TPSA) is 79.2 Å². The number of allylic oxidation sites excluding steroid dienone is 1. The van der Waals surface area contributed by atoms with Crippen LogP contribution in [0.15, 0.2) is 40.3 Å². The molecule has 0 atom stereocenters. The van der Waals surface area contributed by atoms with Crippen molar-refractivity contribution >= 4 is 21.4 Å². The summed E-state index contributed by atoms with van der Waals surface area (Å²) >= 11 is 5.71. The average molecular weight is 315 g/mol. The van der Waals surface area contributed by atoms with Gasteiger partial charge in [0.15, 0.2) is 4.91 Å². The van der Waals surface area contributed by atoms with Crippen molar-refractivity contribution < 1.29 is 13.2 Å². The number of benzene rings is 1. The van der Waals surface area contributed by atoms with Gasteiger partial charge >= 0.3 is 0 Å². The van der Waals surface area contributed by atoms with Crippen molar-refractivity contribution in [2.24, 2.45) is 0 Å². The van der Waals surface area contributed by atoms with E-state index < -0.39 is 9.84 Å². The van der Waals surface area contributed by atoms with E-state index in [-0.39, 0.29) is 9.80 Å². The fourth-order valence-electron chi connectivity index (χ4n) is 1.39. The van der Waals surface area contributed by atoms with E-state index in [4.69, 9.17) is 21.6 Å². The number of rotatable bonds is 7. The number of hydrogen-bond acceptors (Lipinski definition) is 5. The number of methoxy groups -OCH3 is 1. The van der Waals surface area contributed by atoms with Crippen LogP contribution < -0.4 is 5.32 Å². The van der Waals surface area contributed by atoms with Crippen LogP contribution in [0.25, 0.3) is 0 Å². The Bertz CT molecular complexity index is 603. The molecule has 0 unspecified atom stereocenters. The third-order valence-electron chi connectivity index (χ3n) is 2.43. The second kappa shape index (κ2) is 7.90. The van der Waals surface area contributed by atoms with Gasteiger partial charge < -0.3 is 10.1 Å². The standard InChI is InChI=1S/C13H15ClN2O3S/c1-19-8-2-7-16-10-13(9-15)20(17,18)12-5-3-11(14)4-6-12/h3-6,10,16H,2,7-8H2,1H3. The Balaban J connectivity index is 2.85. The molecular formula is C13H15ClN2O3S. The molecule has 0 fully saturated rings. The van der Waals surface area contributed by atoms with E-state index in [1.807, 2.05) is 0 Å². The van der Waals surface area contributed by atoms with E-state index >= 15 is 0 Å². The Morgan fingerprint density at radius 1 is 1.45 bits per heavy atom. The number of nitrogens with zero attached hydrogens (tertiary/aromatic N) is 1. The molecule has 0 aromatic heterocycles. The van der Waals surface area contributed by atoms with Crippen molar-refractivity contribution in [2.75, 3.05) is 20.3 Å². The van der Waals surface area contributed by atoms with Crippen LogP contribution in [-0.4, -0.2) is 28.7 Å². The lowest BCUT2D eigenvalue weighted by molar-refractivity contribution is 0.195. The Morgan fingerprint density at radius 3 is 2.65 bits per heavy atom. The van der Waals surface area contributed by atoms with Crippen LogP contribution >= 0.6 is 11.6 Å². The van der Waals surface area contributed by atoms with Crippen LogP contribution in [0.5, 0.6) is 0 Å². The van der Waals surface area contributed by atoms with Crippen LogP contribution in [0.3, 0.4) is 0 Å². The summed E-state index contributed by atoms with van der Waals surface area (Å²) in [6.07, 6.45) is 1.92. The predicted molar refractivity (Wildman–Crippen MR) is 76.8 cm³/mol. The van der Waals surface area contributed by atoms with E-state index in [1.54, 1.807) is 13.2 Å². The second-order valence-electron chi connectivity index (χ2n) is 3.88. The first-order valence-electron chi connectivity index (χ1n) is 5.85. The average Bonchev–Trinajstić information content (AvgIpc) is 2.43. The van der Waals surface area contributed by atoms with Crippen molar-refractivity contribution in [1.82, 2.24) is 5.32 Å². The van der Waals surface area contributed by atoms with E-state index in [2.05, 4.69) is 5.32 Å². The van der Waals surface area contributed by atoms with Gasteiger partial charge in [-0.05, 0) is 30.7 Å². The number of nitriles is 1. The summed E-state index contributed by atoms with van der Waals surface area (Å²) in [5.41, 5.74) is 0. The van der Waals surface area contributed by atoms with Gasteiger partial charge in [-0.1, -0.05) is 11.6 Å². The minimum absolute atomic E-state index is 0.0355. The lowest BCUT2D eigenvalue weighted by Crippen LogP contribution is -2.13. The summed E-state index contributed by atoms with van der Waals surface area (Å²) in [4.78, 5) is -0.300. The van der Waals surface area contributed by atoms with Crippen molar-refractivity contribution in [1.29, 1.82) is 5.26 Å². The molecule has 0 bridgehead atoms. The van der Waals surface area contributed by atoms with Gasteiger partial charge in [0.25, 0.3) is 0 Å². The lowest BCUT2D eigenvalue weighted by Gasteiger charge is -2.04. The number of hydrogen-bond donors (Lipinski definition) is 1. The summed E-state index contributed by atoms with van der Waals surface area (Å²) in [5.74, 6) is 0. The summed E-state index contributed by atoms with van der Waals surface area (Å²) in [5, 5.41) is 12.2. The Kier molecular flexibility index (Phi) is 6.52. The fourth-order valence-corrected chi connectivity index (χ4v) is 2.63. The first-order chi connectivity index (χ1) is 9.52. The van der Waals surface area contributed by atoms with E-state index in [0.29, 0.717) is 24.6 Å². The smallest absolute Gasteiger partial charge is 0.218 e. The largest absolute Gasteiger partial charge is 0.389 e. The number of ether oxygens (including phenoxy) is 1. The van der Waals surface area contributed by atoms with E-state index in [0.717, 1.165) is 0 Å². The molecule has 108 valence electrons. The zero-order chi connectivity index (χ0) is 15.0. The quantitative estimate of drug-likeness (QED) is 0.616. The first kappa shape index (κ1) is 16.5. The molecule has 1 aromatic rings. The molecule has 0 aliphatic rings. The summed E-state index contributed by atoms with van der Waals surface area (Å²) in [6.45, 7) is 1.09. The monoisotopic (exact) mass is 314 g/mol. The molecular weight excluding hydrogens is 300 g/mol. The molecule has 0 aliphatic heterocycles. The Hall–Kier alpha value is -1.55. The second-order valence-corrected chi connectivity index (χ2v) is 6.23. The SMILES string of the molecule is COCCCNC=C(C#N)S(=O)(=O)c1ccc(Cl)cc1. The highest BCUT2D eigenvalue weighted by atomic mass is 35.5. The van der Waals surface area contributed by atoms with E-state index in [1.165, 1.54) is 30.5 Å². The Labute approximate surface area is 123 Å². The van der Waals surface area contributed by atoms with Crippen molar-refractivity contribution in [3.63, 3.8) is 0 Å². The molecule has 1 aromatic carbocycles. The number of halogens is 1. The minimum Gasteiger partial charge on any atom is -0.389 e. The molecule has 0 heterocycles. The van der Waals surface area contributed by atoms with Gasteiger partial charge in [0.1, 0.15) is 6.07 Å². The molecule has 0 spiro atoms. The van der Waals surface area contributed by atoms with Gasteiger partial charge in [0.2, 0.25) is 9.84 Å². The summed E-state index contributed by atoms with van der Waals surface area (Å²) in [7, 11) is -2.23. The molecule has 1 N–H and O–H groups in total. The van der Waals surface area contributed by atoms with Crippen LogP contribution in [0, 0.1) is 11.3 Å². The van der Waals surface area contributed by atoms with Gasteiger partial charge in [0, 0.05) is 31.5 Å². The molecule has 0 saturated carbocycles. The molecule has 0 amide bonds. The van der Waals surface area contributed by atoms with Gasteiger partial charge in [-0.25, -0.2) is 8.42 Å². The Morgan fingerprint density at radius 2 is 2.10 bits per heavy atom. The molecule has 7 heteroatoms. The van der Waals surface area contributed by atoms with Crippen molar-refractivity contribution in [3.8, 4) is 6.07 Å². The maximum absolute atomic E-state index is 12.2. The summed E-state index contributed by atoms with van der Waals surface area (Å²) in [6, 6.07) is 7.37.